The lowest BCUT2D eigenvalue weighted by atomic mass is 10.2. The van der Waals surface area contributed by atoms with E-state index in [-0.39, 0.29) is 18.1 Å². The molecule has 0 saturated heterocycles. The Labute approximate surface area is 95.5 Å². The standard InChI is InChI=1S/C10H10N4O3/c11-8-7(9(15)16)14(10(17)13-8)5-6-1-3-12-4-2-6/h1-4H,5,11H2,(H,13,17)(H,15,16). The third-order valence-electron chi connectivity index (χ3n) is 2.30. The summed E-state index contributed by atoms with van der Waals surface area (Å²) in [5.41, 5.74) is 5.42. The van der Waals surface area contributed by atoms with Gasteiger partial charge in [0, 0.05) is 12.4 Å². The smallest absolute Gasteiger partial charge is 0.356 e. The maximum absolute atomic E-state index is 11.5. The molecular formula is C10H10N4O3. The van der Waals surface area contributed by atoms with Crippen molar-refractivity contribution < 1.29 is 9.90 Å². The Balaban J connectivity index is 2.46. The number of aromatic amines is 1. The second-order valence-corrected chi connectivity index (χ2v) is 3.44. The van der Waals surface area contributed by atoms with Gasteiger partial charge in [0.1, 0.15) is 5.82 Å². The maximum Gasteiger partial charge on any atom is 0.356 e. The van der Waals surface area contributed by atoms with Crippen LogP contribution in [0.3, 0.4) is 0 Å². The number of carboxylic acids is 1. The van der Waals surface area contributed by atoms with E-state index in [4.69, 9.17) is 10.8 Å². The molecule has 2 aromatic rings. The number of hydrogen-bond acceptors (Lipinski definition) is 4. The molecular weight excluding hydrogens is 224 g/mol. The summed E-state index contributed by atoms with van der Waals surface area (Å²) in [6, 6.07) is 3.39. The van der Waals surface area contributed by atoms with E-state index in [1.807, 2.05) is 0 Å². The van der Waals surface area contributed by atoms with Crippen molar-refractivity contribution >= 4 is 11.8 Å². The van der Waals surface area contributed by atoms with E-state index >= 15 is 0 Å². The molecule has 0 spiro atoms. The average molecular weight is 234 g/mol. The van der Waals surface area contributed by atoms with Gasteiger partial charge in [-0.05, 0) is 17.7 Å². The average Bonchev–Trinajstić information content (AvgIpc) is 2.55. The summed E-state index contributed by atoms with van der Waals surface area (Å²) in [5, 5.41) is 8.97. The molecule has 0 bridgehead atoms. The largest absolute Gasteiger partial charge is 0.476 e. The number of nitrogens with two attached hydrogens (primary N) is 1. The van der Waals surface area contributed by atoms with E-state index in [1.54, 1.807) is 24.5 Å². The van der Waals surface area contributed by atoms with Crippen LogP contribution in [0.2, 0.25) is 0 Å². The highest BCUT2D eigenvalue weighted by molar-refractivity contribution is 5.90. The summed E-state index contributed by atoms with van der Waals surface area (Å²) in [7, 11) is 0. The van der Waals surface area contributed by atoms with Crippen LogP contribution in [0.15, 0.2) is 29.3 Å². The number of hydrogen-bond donors (Lipinski definition) is 3. The molecule has 0 saturated carbocycles. The third-order valence-corrected chi connectivity index (χ3v) is 2.30. The molecule has 0 radical (unpaired) electrons. The van der Waals surface area contributed by atoms with Gasteiger partial charge in [0.2, 0.25) is 0 Å². The molecule has 7 nitrogen and oxygen atoms in total. The van der Waals surface area contributed by atoms with Gasteiger partial charge in [0.15, 0.2) is 5.69 Å². The number of nitrogens with one attached hydrogen (secondary N) is 1. The van der Waals surface area contributed by atoms with E-state index < -0.39 is 11.7 Å². The topological polar surface area (TPSA) is 114 Å². The van der Waals surface area contributed by atoms with Gasteiger partial charge in [-0.3, -0.25) is 14.5 Å². The van der Waals surface area contributed by atoms with Crippen molar-refractivity contribution in [2.45, 2.75) is 6.54 Å². The summed E-state index contributed by atoms with van der Waals surface area (Å²) in [6.07, 6.45) is 3.13. The van der Waals surface area contributed by atoms with Crippen molar-refractivity contribution in [1.29, 1.82) is 0 Å². The van der Waals surface area contributed by atoms with Crippen molar-refractivity contribution in [2.24, 2.45) is 0 Å². The summed E-state index contributed by atoms with van der Waals surface area (Å²) in [5.74, 6) is -1.38. The second-order valence-electron chi connectivity index (χ2n) is 3.44. The molecule has 0 aromatic carbocycles. The molecule has 0 aliphatic heterocycles. The Bertz CT molecular complexity index is 600. The van der Waals surface area contributed by atoms with E-state index in [0.29, 0.717) is 0 Å². The fourth-order valence-corrected chi connectivity index (χ4v) is 1.54. The predicted molar refractivity (Wildman–Crippen MR) is 59.8 cm³/mol. The lowest BCUT2D eigenvalue weighted by Gasteiger charge is -2.04. The van der Waals surface area contributed by atoms with E-state index in [1.165, 1.54) is 0 Å². The Hall–Kier alpha value is -2.57. The second kappa shape index (κ2) is 4.12. The van der Waals surface area contributed by atoms with Crippen molar-refractivity contribution in [3.63, 3.8) is 0 Å². The van der Waals surface area contributed by atoms with E-state index in [2.05, 4.69) is 9.97 Å². The summed E-state index contributed by atoms with van der Waals surface area (Å²) >= 11 is 0. The highest BCUT2D eigenvalue weighted by Gasteiger charge is 2.18. The number of aromatic nitrogens is 3. The highest BCUT2D eigenvalue weighted by Crippen LogP contribution is 2.08. The number of imidazole rings is 1. The van der Waals surface area contributed by atoms with Gasteiger partial charge in [-0.15, -0.1) is 0 Å². The molecule has 17 heavy (non-hydrogen) atoms. The van der Waals surface area contributed by atoms with E-state index in [9.17, 15) is 9.59 Å². The van der Waals surface area contributed by atoms with Crippen LogP contribution in [-0.2, 0) is 6.54 Å². The van der Waals surface area contributed by atoms with Gasteiger partial charge in [-0.25, -0.2) is 9.59 Å². The lowest BCUT2D eigenvalue weighted by molar-refractivity contribution is 0.0686. The summed E-state index contributed by atoms with van der Waals surface area (Å²) in [4.78, 5) is 28.6. The Morgan fingerprint density at radius 2 is 2.12 bits per heavy atom. The van der Waals surface area contributed by atoms with Gasteiger partial charge in [0.25, 0.3) is 0 Å². The molecule has 7 heteroatoms. The zero-order valence-corrected chi connectivity index (χ0v) is 8.75. The zero-order chi connectivity index (χ0) is 12.4. The van der Waals surface area contributed by atoms with Crippen LogP contribution >= 0.6 is 0 Å². The number of nitrogen functional groups attached to an aromatic ring is 1. The van der Waals surface area contributed by atoms with Crippen LogP contribution in [0, 0.1) is 0 Å². The molecule has 0 aliphatic carbocycles. The minimum absolute atomic E-state index is 0.136. The van der Waals surface area contributed by atoms with Crippen molar-refractivity contribution in [1.82, 2.24) is 14.5 Å². The highest BCUT2D eigenvalue weighted by atomic mass is 16.4. The molecule has 2 heterocycles. The van der Waals surface area contributed by atoms with Crippen LogP contribution in [0.25, 0.3) is 0 Å². The Morgan fingerprint density at radius 1 is 1.47 bits per heavy atom. The van der Waals surface area contributed by atoms with Crippen LogP contribution in [0.5, 0.6) is 0 Å². The van der Waals surface area contributed by atoms with Crippen molar-refractivity contribution in [2.75, 3.05) is 5.73 Å². The molecule has 0 aliphatic rings. The van der Waals surface area contributed by atoms with Gasteiger partial charge >= 0.3 is 11.7 Å². The number of rotatable bonds is 3. The van der Waals surface area contributed by atoms with Gasteiger partial charge in [-0.2, -0.15) is 0 Å². The number of nitrogens with zero attached hydrogens (tertiary/aromatic N) is 2. The van der Waals surface area contributed by atoms with Crippen molar-refractivity contribution in [3.8, 4) is 0 Å². The lowest BCUT2D eigenvalue weighted by Crippen LogP contribution is -2.21. The minimum Gasteiger partial charge on any atom is -0.476 e. The van der Waals surface area contributed by atoms with Gasteiger partial charge in [-0.1, -0.05) is 0 Å². The molecule has 0 atom stereocenters. The number of carboxylic acid groups (broad SMARTS) is 1. The zero-order valence-electron chi connectivity index (χ0n) is 8.75. The van der Waals surface area contributed by atoms with Crippen LogP contribution < -0.4 is 11.4 Å². The third kappa shape index (κ3) is 2.03. The molecule has 0 amide bonds. The number of pyridine rings is 1. The molecule has 0 fully saturated rings. The summed E-state index contributed by atoms with van der Waals surface area (Å²) in [6.45, 7) is 0.136. The normalized spacial score (nSPS) is 10.4. The number of aromatic carboxylic acids is 1. The first kappa shape index (κ1) is 10.9. The first-order chi connectivity index (χ1) is 8.09. The summed E-state index contributed by atoms with van der Waals surface area (Å²) < 4.78 is 1.08. The SMILES string of the molecule is Nc1[nH]c(=O)n(Cc2ccncc2)c1C(=O)O. The van der Waals surface area contributed by atoms with Crippen LogP contribution in [0.4, 0.5) is 5.82 Å². The molecule has 88 valence electrons. The molecule has 2 rings (SSSR count). The molecule has 4 N–H and O–H groups in total. The fraction of sp³-hybridized carbons (Fsp3) is 0.100. The Morgan fingerprint density at radius 3 is 2.71 bits per heavy atom. The number of anilines is 1. The first-order valence-corrected chi connectivity index (χ1v) is 4.80. The molecule has 0 unspecified atom stereocenters. The molecule has 2 aromatic heterocycles. The quantitative estimate of drug-likeness (QED) is 0.686. The van der Waals surface area contributed by atoms with Gasteiger partial charge < -0.3 is 10.8 Å². The predicted octanol–water partition coefficient (Wildman–Crippen LogP) is -0.0999. The monoisotopic (exact) mass is 234 g/mol. The van der Waals surface area contributed by atoms with Crippen LogP contribution in [-0.4, -0.2) is 25.6 Å². The maximum atomic E-state index is 11.5. The van der Waals surface area contributed by atoms with E-state index in [0.717, 1.165) is 10.1 Å². The number of H-pyrrole nitrogens is 1. The minimum atomic E-state index is -1.24. The van der Waals surface area contributed by atoms with Crippen LogP contribution in [0.1, 0.15) is 16.1 Å². The van der Waals surface area contributed by atoms with Crippen molar-refractivity contribution in [3.05, 3.63) is 46.3 Å². The fourth-order valence-electron chi connectivity index (χ4n) is 1.54. The van der Waals surface area contributed by atoms with Gasteiger partial charge in [0.05, 0.1) is 6.54 Å². The first-order valence-electron chi connectivity index (χ1n) is 4.80. The Kier molecular flexibility index (Phi) is 2.65. The number of carbonyl (C=O) groups is 1.